The maximum absolute atomic E-state index is 4.17. The molecule has 0 aliphatic heterocycles. The van der Waals surface area contributed by atoms with Crippen LogP contribution in [0.1, 0.15) is 0 Å². The summed E-state index contributed by atoms with van der Waals surface area (Å²) in [6.45, 7) is 0. The third-order valence-electron chi connectivity index (χ3n) is 1.52. The van der Waals surface area contributed by atoms with Gasteiger partial charge >= 0.3 is 0 Å². The van der Waals surface area contributed by atoms with E-state index in [1.54, 1.807) is 18.6 Å². The van der Waals surface area contributed by atoms with Crippen molar-refractivity contribution in [3.63, 3.8) is 0 Å². The number of rotatable bonds is 1. The zero-order valence-electron chi connectivity index (χ0n) is 6.38. The van der Waals surface area contributed by atoms with Gasteiger partial charge in [-0.25, -0.2) is 9.97 Å². The van der Waals surface area contributed by atoms with E-state index in [0.717, 1.165) is 11.3 Å². The van der Waals surface area contributed by atoms with Crippen LogP contribution in [0.25, 0.3) is 11.3 Å². The van der Waals surface area contributed by atoms with Gasteiger partial charge in [-0.3, -0.25) is 4.98 Å². The van der Waals surface area contributed by atoms with Crippen molar-refractivity contribution in [3.05, 3.63) is 43.1 Å². The highest BCUT2D eigenvalue weighted by Crippen LogP contribution is 2.11. The molecular weight excluding hydrogens is 150 g/mol. The van der Waals surface area contributed by atoms with Gasteiger partial charge in [-0.2, -0.15) is 0 Å². The Labute approximate surface area is 70.1 Å². The van der Waals surface area contributed by atoms with Crippen molar-refractivity contribution in [1.82, 2.24) is 15.0 Å². The topological polar surface area (TPSA) is 38.7 Å². The molecule has 0 aromatic carbocycles. The van der Waals surface area contributed by atoms with Crippen LogP contribution >= 0.6 is 0 Å². The zero-order chi connectivity index (χ0) is 8.23. The molecule has 0 N–H and O–H groups in total. The second-order valence-corrected chi connectivity index (χ2v) is 2.34. The molecule has 0 amide bonds. The van der Waals surface area contributed by atoms with E-state index in [1.165, 1.54) is 6.33 Å². The fourth-order valence-corrected chi connectivity index (χ4v) is 0.965. The largest absolute Gasteiger partial charge is 0.256 e. The lowest BCUT2D eigenvalue weighted by atomic mass is 10.2. The Bertz CT molecular complexity index is 307. The Hall–Kier alpha value is -1.77. The molecule has 58 valence electrons. The van der Waals surface area contributed by atoms with Gasteiger partial charge < -0.3 is 0 Å². The summed E-state index contributed by atoms with van der Waals surface area (Å²) in [5.74, 6) is 0. The molecule has 2 heterocycles. The molecule has 0 bridgehead atoms. The average Bonchev–Trinajstić information content (AvgIpc) is 2.21. The van der Waals surface area contributed by atoms with Crippen molar-refractivity contribution < 1.29 is 0 Å². The first-order chi connectivity index (χ1) is 5.97. The van der Waals surface area contributed by atoms with Gasteiger partial charge in [0.05, 0.1) is 5.69 Å². The van der Waals surface area contributed by atoms with Gasteiger partial charge in [0.1, 0.15) is 6.33 Å². The van der Waals surface area contributed by atoms with Crippen molar-refractivity contribution in [3.8, 4) is 11.3 Å². The van der Waals surface area contributed by atoms with E-state index in [1.807, 2.05) is 18.2 Å². The van der Waals surface area contributed by atoms with E-state index in [2.05, 4.69) is 15.0 Å². The highest BCUT2D eigenvalue weighted by molar-refractivity contribution is 5.55. The summed E-state index contributed by atoms with van der Waals surface area (Å²) in [4.78, 5) is 12.0. The minimum Gasteiger partial charge on any atom is -0.256 e. The van der Waals surface area contributed by atoms with Crippen LogP contribution in [-0.4, -0.2) is 15.0 Å². The normalized spacial score (nSPS) is 9.67. The Morgan fingerprint density at radius 1 is 1.00 bits per heavy atom. The van der Waals surface area contributed by atoms with Crippen LogP contribution in [0.15, 0.2) is 43.1 Å². The van der Waals surface area contributed by atoms with Crippen LogP contribution in [0.5, 0.6) is 0 Å². The fourth-order valence-electron chi connectivity index (χ4n) is 0.965. The highest BCUT2D eigenvalue weighted by atomic mass is 14.8. The highest BCUT2D eigenvalue weighted by Gasteiger charge is 1.95. The SMILES string of the molecule is c1ccc(-c2cncnc2)nc1. The standard InChI is InChI=1S/C9H7N3/c1-2-4-12-9(3-1)8-5-10-7-11-6-8/h1-7H. The van der Waals surface area contributed by atoms with Crippen LogP contribution < -0.4 is 0 Å². The molecule has 0 aliphatic rings. The van der Waals surface area contributed by atoms with Crippen LogP contribution in [0.3, 0.4) is 0 Å². The summed E-state index contributed by atoms with van der Waals surface area (Å²) in [6, 6.07) is 5.75. The number of hydrogen-bond acceptors (Lipinski definition) is 3. The first-order valence-corrected chi connectivity index (χ1v) is 3.63. The Morgan fingerprint density at radius 2 is 1.83 bits per heavy atom. The van der Waals surface area contributed by atoms with Crippen LogP contribution in [0.4, 0.5) is 0 Å². The molecule has 2 rings (SSSR count). The fraction of sp³-hybridized carbons (Fsp3) is 0. The van der Waals surface area contributed by atoms with Gasteiger partial charge in [0, 0.05) is 24.2 Å². The van der Waals surface area contributed by atoms with Crippen molar-refractivity contribution in [2.75, 3.05) is 0 Å². The summed E-state index contributed by atoms with van der Waals surface area (Å²) in [5.41, 5.74) is 1.84. The number of hydrogen-bond donors (Lipinski definition) is 0. The van der Waals surface area contributed by atoms with Crippen molar-refractivity contribution >= 4 is 0 Å². The van der Waals surface area contributed by atoms with E-state index in [0.29, 0.717) is 0 Å². The van der Waals surface area contributed by atoms with E-state index < -0.39 is 0 Å². The molecule has 0 aliphatic carbocycles. The Kier molecular flexibility index (Phi) is 1.78. The summed E-state index contributed by atoms with van der Waals surface area (Å²) in [7, 11) is 0. The van der Waals surface area contributed by atoms with E-state index in [4.69, 9.17) is 0 Å². The second-order valence-electron chi connectivity index (χ2n) is 2.34. The van der Waals surface area contributed by atoms with Crippen molar-refractivity contribution in [2.24, 2.45) is 0 Å². The van der Waals surface area contributed by atoms with Crippen LogP contribution in [0, 0.1) is 0 Å². The van der Waals surface area contributed by atoms with Crippen molar-refractivity contribution in [1.29, 1.82) is 0 Å². The number of nitrogens with zero attached hydrogens (tertiary/aromatic N) is 3. The Morgan fingerprint density at radius 3 is 2.50 bits per heavy atom. The summed E-state index contributed by atoms with van der Waals surface area (Å²) < 4.78 is 0. The molecular formula is C9H7N3. The average molecular weight is 157 g/mol. The second kappa shape index (κ2) is 3.09. The molecule has 0 radical (unpaired) electrons. The lowest BCUT2D eigenvalue weighted by molar-refractivity contribution is 1.16. The van der Waals surface area contributed by atoms with E-state index >= 15 is 0 Å². The third-order valence-corrected chi connectivity index (χ3v) is 1.52. The van der Waals surface area contributed by atoms with Crippen LogP contribution in [-0.2, 0) is 0 Å². The van der Waals surface area contributed by atoms with Gasteiger partial charge in [0.2, 0.25) is 0 Å². The summed E-state index contributed by atoms with van der Waals surface area (Å²) in [6.07, 6.45) is 6.75. The number of aromatic nitrogens is 3. The monoisotopic (exact) mass is 157 g/mol. The van der Waals surface area contributed by atoms with Gasteiger partial charge in [-0.15, -0.1) is 0 Å². The smallest absolute Gasteiger partial charge is 0.115 e. The summed E-state index contributed by atoms with van der Waals surface area (Å²) in [5, 5.41) is 0. The molecule has 0 saturated heterocycles. The zero-order valence-corrected chi connectivity index (χ0v) is 6.38. The molecule has 0 atom stereocenters. The Balaban J connectivity index is 2.46. The maximum Gasteiger partial charge on any atom is 0.115 e. The lowest BCUT2D eigenvalue weighted by Crippen LogP contribution is -1.83. The minimum absolute atomic E-state index is 0.901. The molecule has 0 unspecified atom stereocenters. The van der Waals surface area contributed by atoms with Gasteiger partial charge in [0.25, 0.3) is 0 Å². The molecule has 2 aromatic heterocycles. The van der Waals surface area contributed by atoms with Crippen LogP contribution in [0.2, 0.25) is 0 Å². The molecule has 0 fully saturated rings. The molecule has 12 heavy (non-hydrogen) atoms. The molecule has 3 nitrogen and oxygen atoms in total. The quantitative estimate of drug-likeness (QED) is 0.630. The lowest BCUT2D eigenvalue weighted by Gasteiger charge is -1.96. The number of pyridine rings is 1. The first-order valence-electron chi connectivity index (χ1n) is 3.63. The predicted octanol–water partition coefficient (Wildman–Crippen LogP) is 1.54. The summed E-state index contributed by atoms with van der Waals surface area (Å²) >= 11 is 0. The van der Waals surface area contributed by atoms with E-state index in [9.17, 15) is 0 Å². The van der Waals surface area contributed by atoms with Crippen molar-refractivity contribution in [2.45, 2.75) is 0 Å². The molecule has 0 spiro atoms. The predicted molar refractivity (Wildman–Crippen MR) is 45.3 cm³/mol. The van der Waals surface area contributed by atoms with Gasteiger partial charge in [0.15, 0.2) is 0 Å². The van der Waals surface area contributed by atoms with Gasteiger partial charge in [-0.1, -0.05) is 6.07 Å². The molecule has 0 saturated carbocycles. The minimum atomic E-state index is 0.901. The first kappa shape index (κ1) is 6.91. The van der Waals surface area contributed by atoms with Gasteiger partial charge in [-0.05, 0) is 12.1 Å². The maximum atomic E-state index is 4.17. The third kappa shape index (κ3) is 1.29. The molecule has 3 heteroatoms. The molecule has 2 aromatic rings. The van der Waals surface area contributed by atoms with E-state index in [-0.39, 0.29) is 0 Å².